The minimum Gasteiger partial charge on any atom is -0.348 e. The number of aromatic nitrogens is 1. The lowest BCUT2D eigenvalue weighted by molar-refractivity contribution is -0.126. The molecule has 1 saturated carbocycles. The third kappa shape index (κ3) is 3.36. The molecule has 142 valence electrons. The van der Waals surface area contributed by atoms with E-state index in [9.17, 15) is 14.4 Å². The van der Waals surface area contributed by atoms with E-state index in [0.717, 1.165) is 40.2 Å². The zero-order valence-corrected chi connectivity index (χ0v) is 16.9. The summed E-state index contributed by atoms with van der Waals surface area (Å²) < 4.78 is 1.73. The van der Waals surface area contributed by atoms with Gasteiger partial charge in [0.05, 0.1) is 33.5 Å². The van der Waals surface area contributed by atoms with Gasteiger partial charge in [-0.1, -0.05) is 24.6 Å². The average molecular weight is 404 g/mol. The summed E-state index contributed by atoms with van der Waals surface area (Å²) in [6, 6.07) is 5.52. The number of carbonyl (C=O) groups is 3. The van der Waals surface area contributed by atoms with Gasteiger partial charge in [0.2, 0.25) is 17.7 Å². The Bertz CT molecular complexity index is 900. The Morgan fingerprint density at radius 1 is 1.22 bits per heavy atom. The van der Waals surface area contributed by atoms with E-state index >= 15 is 0 Å². The topological polar surface area (TPSA) is 70.6 Å². The summed E-state index contributed by atoms with van der Waals surface area (Å²) >= 11 is 2.89. The molecular weight excluding hydrogens is 382 g/mol. The van der Waals surface area contributed by atoms with Gasteiger partial charge in [-0.25, -0.2) is 4.98 Å². The molecule has 3 amide bonds. The van der Waals surface area contributed by atoms with Crippen LogP contribution in [0, 0.1) is 11.8 Å². The lowest BCUT2D eigenvalue weighted by atomic mass is 9.81. The normalized spacial score (nSPS) is 22.4. The molecule has 0 unspecified atom stereocenters. The number of thiazole rings is 1. The number of rotatable bonds is 4. The maximum Gasteiger partial charge on any atom is 0.237 e. The van der Waals surface area contributed by atoms with Gasteiger partial charge in [0, 0.05) is 14.1 Å². The molecule has 4 rings (SSSR count). The van der Waals surface area contributed by atoms with Crippen LogP contribution in [-0.4, -0.2) is 47.5 Å². The Morgan fingerprint density at radius 2 is 1.89 bits per heavy atom. The number of nitrogens with zero attached hydrogens (tertiary/aromatic N) is 3. The van der Waals surface area contributed by atoms with Gasteiger partial charge in [-0.05, 0) is 31.0 Å². The van der Waals surface area contributed by atoms with Crippen molar-refractivity contribution in [3.05, 3.63) is 18.2 Å². The largest absolute Gasteiger partial charge is 0.348 e. The predicted octanol–water partition coefficient (Wildman–Crippen LogP) is 3.16. The van der Waals surface area contributed by atoms with Crippen LogP contribution in [0.15, 0.2) is 22.5 Å². The summed E-state index contributed by atoms with van der Waals surface area (Å²) in [5.74, 6) is -0.0278. The van der Waals surface area contributed by atoms with Crippen LogP contribution in [-0.2, 0) is 14.4 Å². The molecule has 1 saturated heterocycles. The number of fused-ring (bicyclic) bond motifs is 2. The molecule has 8 heteroatoms. The number of anilines is 1. The second kappa shape index (κ2) is 7.24. The third-order valence-electron chi connectivity index (χ3n) is 5.27. The molecule has 0 bridgehead atoms. The number of imide groups is 1. The molecular formula is C19H21N3O3S2. The Labute approximate surface area is 165 Å². The van der Waals surface area contributed by atoms with E-state index in [2.05, 4.69) is 4.98 Å². The van der Waals surface area contributed by atoms with E-state index < -0.39 is 0 Å². The predicted molar refractivity (Wildman–Crippen MR) is 107 cm³/mol. The molecule has 1 aromatic carbocycles. The Hall–Kier alpha value is -1.93. The molecule has 27 heavy (non-hydrogen) atoms. The van der Waals surface area contributed by atoms with E-state index in [1.54, 1.807) is 25.1 Å². The second-order valence-electron chi connectivity index (χ2n) is 7.22. The van der Waals surface area contributed by atoms with Crippen molar-refractivity contribution >= 4 is 56.7 Å². The van der Waals surface area contributed by atoms with Gasteiger partial charge in [0.15, 0.2) is 4.34 Å². The monoisotopic (exact) mass is 403 g/mol. The van der Waals surface area contributed by atoms with Crippen LogP contribution < -0.4 is 4.90 Å². The zero-order valence-electron chi connectivity index (χ0n) is 15.3. The molecule has 2 atom stereocenters. The number of carbonyl (C=O) groups excluding carboxylic acids is 3. The van der Waals surface area contributed by atoms with Crippen LogP contribution in [0.5, 0.6) is 0 Å². The summed E-state index contributed by atoms with van der Waals surface area (Å²) in [5.41, 5.74) is 1.46. The molecule has 2 heterocycles. The maximum atomic E-state index is 12.8. The number of hydrogen-bond donors (Lipinski definition) is 0. The fourth-order valence-corrected chi connectivity index (χ4v) is 5.84. The molecule has 2 aliphatic rings. The van der Waals surface area contributed by atoms with Crippen molar-refractivity contribution in [3.63, 3.8) is 0 Å². The summed E-state index contributed by atoms with van der Waals surface area (Å²) in [6.45, 7) is 0. The standard InChI is InChI=1S/C19H21N3O3S2/c1-21(2)16(23)10-26-19-20-14-8-7-11(9-15(14)27-19)22-17(24)12-5-3-4-6-13(12)18(22)25/h7-9,12-13H,3-6,10H2,1-2H3/t12-,13-/m0/s1. The maximum absolute atomic E-state index is 12.8. The van der Waals surface area contributed by atoms with Crippen molar-refractivity contribution in [2.24, 2.45) is 11.8 Å². The highest BCUT2D eigenvalue weighted by molar-refractivity contribution is 8.01. The van der Waals surface area contributed by atoms with Gasteiger partial charge in [-0.3, -0.25) is 19.3 Å². The Balaban J connectivity index is 1.57. The second-order valence-corrected chi connectivity index (χ2v) is 9.47. The Morgan fingerprint density at radius 3 is 2.52 bits per heavy atom. The van der Waals surface area contributed by atoms with Crippen molar-refractivity contribution in [2.75, 3.05) is 24.7 Å². The average Bonchev–Trinajstić information content (AvgIpc) is 3.18. The van der Waals surface area contributed by atoms with Crippen molar-refractivity contribution in [2.45, 2.75) is 30.0 Å². The molecule has 0 spiro atoms. The molecule has 1 aliphatic heterocycles. The molecule has 0 N–H and O–H groups in total. The zero-order chi connectivity index (χ0) is 19.1. The highest BCUT2D eigenvalue weighted by atomic mass is 32.2. The first-order valence-corrected chi connectivity index (χ1v) is 10.9. The van der Waals surface area contributed by atoms with Crippen molar-refractivity contribution in [1.82, 2.24) is 9.88 Å². The van der Waals surface area contributed by atoms with Gasteiger partial charge in [0.25, 0.3) is 0 Å². The Kier molecular flexibility index (Phi) is 4.94. The van der Waals surface area contributed by atoms with Gasteiger partial charge in [-0.15, -0.1) is 11.3 Å². The first kappa shape index (κ1) is 18.4. The molecule has 0 radical (unpaired) electrons. The fourth-order valence-electron chi connectivity index (χ4n) is 3.76. The summed E-state index contributed by atoms with van der Waals surface area (Å²) in [5, 5.41) is 0. The highest BCUT2D eigenvalue weighted by Crippen LogP contribution is 2.41. The summed E-state index contributed by atoms with van der Waals surface area (Å²) in [6.07, 6.45) is 3.67. The van der Waals surface area contributed by atoms with Crippen molar-refractivity contribution in [3.8, 4) is 0 Å². The highest BCUT2D eigenvalue weighted by Gasteiger charge is 2.48. The van der Waals surface area contributed by atoms with Gasteiger partial charge in [0.1, 0.15) is 0 Å². The first-order chi connectivity index (χ1) is 13.0. The minimum atomic E-state index is -0.147. The van der Waals surface area contributed by atoms with Gasteiger partial charge in [-0.2, -0.15) is 0 Å². The van der Waals surface area contributed by atoms with Crippen LogP contribution in [0.3, 0.4) is 0 Å². The van der Waals surface area contributed by atoms with Crippen LogP contribution in [0.4, 0.5) is 5.69 Å². The SMILES string of the molecule is CN(C)C(=O)CSc1nc2ccc(N3C(=O)[C@H]4CCCC[C@@H]4C3=O)cc2s1. The van der Waals surface area contributed by atoms with Crippen molar-refractivity contribution < 1.29 is 14.4 Å². The quantitative estimate of drug-likeness (QED) is 0.579. The molecule has 2 aromatic rings. The number of thioether (sulfide) groups is 1. The van der Waals surface area contributed by atoms with Crippen LogP contribution in [0.1, 0.15) is 25.7 Å². The van der Waals surface area contributed by atoms with E-state index in [-0.39, 0.29) is 29.6 Å². The number of benzene rings is 1. The van der Waals surface area contributed by atoms with Crippen LogP contribution in [0.2, 0.25) is 0 Å². The van der Waals surface area contributed by atoms with E-state index in [0.29, 0.717) is 11.4 Å². The number of amides is 3. The molecule has 1 aliphatic carbocycles. The van der Waals surface area contributed by atoms with Crippen molar-refractivity contribution in [1.29, 1.82) is 0 Å². The molecule has 1 aromatic heterocycles. The summed E-state index contributed by atoms with van der Waals surface area (Å²) in [4.78, 5) is 44.8. The number of hydrogen-bond acceptors (Lipinski definition) is 6. The van der Waals surface area contributed by atoms with E-state index in [1.165, 1.54) is 28.0 Å². The third-order valence-corrected chi connectivity index (χ3v) is 7.42. The van der Waals surface area contributed by atoms with Gasteiger partial charge >= 0.3 is 0 Å². The summed E-state index contributed by atoms with van der Waals surface area (Å²) in [7, 11) is 3.46. The smallest absolute Gasteiger partial charge is 0.237 e. The van der Waals surface area contributed by atoms with Crippen LogP contribution in [0.25, 0.3) is 10.2 Å². The minimum absolute atomic E-state index is 0.0378. The fraction of sp³-hybridized carbons (Fsp3) is 0.474. The first-order valence-electron chi connectivity index (χ1n) is 9.07. The van der Waals surface area contributed by atoms with E-state index in [1.807, 2.05) is 12.1 Å². The van der Waals surface area contributed by atoms with Gasteiger partial charge < -0.3 is 4.90 Å². The van der Waals surface area contributed by atoms with E-state index in [4.69, 9.17) is 0 Å². The molecule has 6 nitrogen and oxygen atoms in total. The lowest BCUT2D eigenvalue weighted by Gasteiger charge is -2.19. The van der Waals surface area contributed by atoms with Crippen LogP contribution >= 0.6 is 23.1 Å². The molecule has 2 fully saturated rings. The lowest BCUT2D eigenvalue weighted by Crippen LogP contribution is -2.30.